The Kier molecular flexibility index (Phi) is 5.80. The largest absolute Gasteiger partial charge is 0.340 e. The standard InChI is InChI=1S/C21H11ClF3N5O3/c22-14-5-10(1-3-16(14)24)28-20-13-7-19(17(25)8-18(13)26-9-27-20)29-21(31)12-6-11(30(32)33)2-4-15(12)23/h1-9H,(H,29,31)(H,26,27,28). The fourth-order valence-corrected chi connectivity index (χ4v) is 3.15. The van der Waals surface area contributed by atoms with Crippen molar-refractivity contribution in [3.8, 4) is 0 Å². The first kappa shape index (κ1) is 22.0. The Bertz CT molecular complexity index is 1430. The normalized spacial score (nSPS) is 10.8. The third kappa shape index (κ3) is 4.53. The SMILES string of the molecule is O=C(Nc1cc2c(Nc3ccc(F)c(Cl)c3)ncnc2cc1F)c1cc([N+](=O)[O-])ccc1F. The second-order valence-corrected chi connectivity index (χ2v) is 7.11. The Hall–Kier alpha value is -4.25. The van der Waals surface area contributed by atoms with Crippen LogP contribution in [0.3, 0.4) is 0 Å². The molecule has 0 aliphatic heterocycles. The minimum atomic E-state index is -1.09. The first-order valence-electron chi connectivity index (χ1n) is 9.14. The lowest BCUT2D eigenvalue weighted by Crippen LogP contribution is -2.15. The molecule has 0 aliphatic carbocycles. The molecule has 0 radical (unpaired) electrons. The topological polar surface area (TPSA) is 110 Å². The van der Waals surface area contributed by atoms with Gasteiger partial charge in [-0.05, 0) is 30.3 Å². The van der Waals surface area contributed by atoms with E-state index in [0.29, 0.717) is 5.69 Å². The molecule has 4 rings (SSSR count). The molecule has 4 aromatic rings. The molecule has 8 nitrogen and oxygen atoms in total. The summed E-state index contributed by atoms with van der Waals surface area (Å²) in [5.74, 6) is -3.41. The highest BCUT2D eigenvalue weighted by Gasteiger charge is 2.19. The molecule has 3 aromatic carbocycles. The fraction of sp³-hybridized carbons (Fsp3) is 0. The number of rotatable bonds is 5. The maximum absolute atomic E-state index is 14.6. The van der Waals surface area contributed by atoms with Crippen molar-refractivity contribution in [3.05, 3.63) is 93.0 Å². The van der Waals surface area contributed by atoms with Gasteiger partial charge in [-0.25, -0.2) is 23.1 Å². The molecule has 33 heavy (non-hydrogen) atoms. The van der Waals surface area contributed by atoms with Crippen LogP contribution < -0.4 is 10.6 Å². The number of non-ortho nitro benzene ring substituents is 1. The van der Waals surface area contributed by atoms with Crippen molar-refractivity contribution in [3.63, 3.8) is 0 Å². The van der Waals surface area contributed by atoms with E-state index in [-0.39, 0.29) is 27.4 Å². The van der Waals surface area contributed by atoms with Crippen molar-refractivity contribution in [1.82, 2.24) is 9.97 Å². The summed E-state index contributed by atoms with van der Waals surface area (Å²) in [7, 11) is 0. The Balaban J connectivity index is 1.70. The third-order valence-corrected chi connectivity index (χ3v) is 4.85. The number of nitro groups is 1. The molecule has 0 fully saturated rings. The molecule has 0 unspecified atom stereocenters. The summed E-state index contributed by atoms with van der Waals surface area (Å²) in [5, 5.41) is 16.2. The van der Waals surface area contributed by atoms with E-state index in [9.17, 15) is 28.1 Å². The van der Waals surface area contributed by atoms with Gasteiger partial charge in [-0.3, -0.25) is 14.9 Å². The van der Waals surface area contributed by atoms with Crippen LogP contribution in [0.1, 0.15) is 10.4 Å². The highest BCUT2D eigenvalue weighted by molar-refractivity contribution is 6.31. The quantitative estimate of drug-likeness (QED) is 0.288. The lowest BCUT2D eigenvalue weighted by molar-refractivity contribution is -0.384. The number of benzene rings is 3. The van der Waals surface area contributed by atoms with Crippen LogP contribution in [0.15, 0.2) is 54.9 Å². The number of amides is 1. The molecular formula is C21H11ClF3N5O3. The van der Waals surface area contributed by atoms with Crippen molar-refractivity contribution in [2.24, 2.45) is 0 Å². The molecule has 0 spiro atoms. The summed E-state index contributed by atoms with van der Waals surface area (Å²) in [6.07, 6.45) is 1.17. The molecule has 0 saturated heterocycles. The first-order chi connectivity index (χ1) is 15.7. The van der Waals surface area contributed by atoms with Crippen LogP contribution in [0.25, 0.3) is 10.9 Å². The number of nitrogens with one attached hydrogen (secondary N) is 2. The van der Waals surface area contributed by atoms with Crippen LogP contribution in [0.2, 0.25) is 5.02 Å². The molecule has 166 valence electrons. The number of nitro benzene ring substituents is 1. The van der Waals surface area contributed by atoms with Crippen LogP contribution in [0.5, 0.6) is 0 Å². The van der Waals surface area contributed by atoms with Crippen molar-refractivity contribution in [2.45, 2.75) is 0 Å². The van der Waals surface area contributed by atoms with Gasteiger partial charge in [0, 0.05) is 29.3 Å². The minimum absolute atomic E-state index is 0.128. The van der Waals surface area contributed by atoms with E-state index < -0.39 is 39.5 Å². The molecule has 1 heterocycles. The van der Waals surface area contributed by atoms with Gasteiger partial charge in [-0.2, -0.15) is 0 Å². The summed E-state index contributed by atoms with van der Waals surface area (Å²) in [4.78, 5) is 30.7. The second-order valence-electron chi connectivity index (χ2n) is 6.70. The summed E-state index contributed by atoms with van der Waals surface area (Å²) in [5.41, 5.74) is -0.910. The summed E-state index contributed by atoms with van der Waals surface area (Å²) in [6.45, 7) is 0. The molecule has 0 aliphatic rings. The van der Waals surface area contributed by atoms with E-state index >= 15 is 0 Å². The van der Waals surface area contributed by atoms with Gasteiger partial charge in [0.2, 0.25) is 0 Å². The minimum Gasteiger partial charge on any atom is -0.340 e. The van der Waals surface area contributed by atoms with Gasteiger partial charge in [0.15, 0.2) is 0 Å². The lowest BCUT2D eigenvalue weighted by atomic mass is 10.1. The average molecular weight is 474 g/mol. The number of fused-ring (bicyclic) bond motifs is 1. The predicted molar refractivity (Wildman–Crippen MR) is 115 cm³/mol. The van der Waals surface area contributed by atoms with Gasteiger partial charge in [0.25, 0.3) is 11.6 Å². The van der Waals surface area contributed by atoms with E-state index in [1.807, 2.05) is 0 Å². The number of hydrogen-bond donors (Lipinski definition) is 2. The molecule has 0 atom stereocenters. The predicted octanol–water partition coefficient (Wildman–Crippen LogP) is 5.60. The highest BCUT2D eigenvalue weighted by atomic mass is 35.5. The van der Waals surface area contributed by atoms with Crippen LogP contribution in [0.4, 0.5) is 36.1 Å². The van der Waals surface area contributed by atoms with Crippen molar-refractivity contribution in [1.29, 1.82) is 0 Å². The molecule has 1 aromatic heterocycles. The van der Waals surface area contributed by atoms with E-state index in [4.69, 9.17) is 11.6 Å². The van der Waals surface area contributed by atoms with Gasteiger partial charge < -0.3 is 10.6 Å². The average Bonchev–Trinajstić information content (AvgIpc) is 2.77. The Morgan fingerprint density at radius 2 is 1.73 bits per heavy atom. The van der Waals surface area contributed by atoms with Crippen LogP contribution in [-0.2, 0) is 0 Å². The van der Waals surface area contributed by atoms with Gasteiger partial charge >= 0.3 is 0 Å². The fourth-order valence-electron chi connectivity index (χ4n) is 2.97. The van der Waals surface area contributed by atoms with Crippen LogP contribution in [-0.4, -0.2) is 20.8 Å². The van der Waals surface area contributed by atoms with E-state index in [1.54, 1.807) is 0 Å². The molecule has 0 saturated carbocycles. The molecule has 2 N–H and O–H groups in total. The second kappa shape index (κ2) is 8.71. The Morgan fingerprint density at radius 1 is 0.970 bits per heavy atom. The van der Waals surface area contributed by atoms with Crippen molar-refractivity contribution in [2.75, 3.05) is 10.6 Å². The molecule has 12 heteroatoms. The van der Waals surface area contributed by atoms with E-state index in [2.05, 4.69) is 20.6 Å². The highest BCUT2D eigenvalue weighted by Crippen LogP contribution is 2.30. The summed E-state index contributed by atoms with van der Waals surface area (Å²) >= 11 is 5.79. The van der Waals surface area contributed by atoms with Gasteiger partial charge in [0.05, 0.1) is 26.7 Å². The number of anilines is 3. The van der Waals surface area contributed by atoms with Gasteiger partial charge in [0.1, 0.15) is 29.6 Å². The number of carbonyl (C=O) groups is 1. The van der Waals surface area contributed by atoms with E-state index in [0.717, 1.165) is 30.3 Å². The van der Waals surface area contributed by atoms with Crippen LogP contribution >= 0.6 is 11.6 Å². The summed E-state index contributed by atoms with van der Waals surface area (Å²) < 4.78 is 42.1. The number of aromatic nitrogens is 2. The Labute approximate surface area is 188 Å². The molecular weight excluding hydrogens is 463 g/mol. The molecule has 0 bridgehead atoms. The van der Waals surface area contributed by atoms with Gasteiger partial charge in [-0.15, -0.1) is 0 Å². The van der Waals surface area contributed by atoms with Crippen LogP contribution in [0, 0.1) is 27.6 Å². The molecule has 1 amide bonds. The van der Waals surface area contributed by atoms with Gasteiger partial charge in [-0.1, -0.05) is 11.6 Å². The summed E-state index contributed by atoms with van der Waals surface area (Å²) in [6, 6.07) is 8.54. The zero-order valence-corrected chi connectivity index (χ0v) is 17.0. The number of carbonyl (C=O) groups excluding carboxylic acids is 1. The van der Waals surface area contributed by atoms with Crippen molar-refractivity contribution < 1.29 is 22.9 Å². The number of nitrogens with zero attached hydrogens (tertiary/aromatic N) is 3. The third-order valence-electron chi connectivity index (χ3n) is 4.56. The lowest BCUT2D eigenvalue weighted by Gasteiger charge is -2.12. The number of hydrogen-bond acceptors (Lipinski definition) is 6. The van der Waals surface area contributed by atoms with Crippen molar-refractivity contribution >= 4 is 51.3 Å². The monoisotopic (exact) mass is 473 g/mol. The number of halogens is 4. The smallest absolute Gasteiger partial charge is 0.270 e. The maximum Gasteiger partial charge on any atom is 0.270 e. The zero-order valence-electron chi connectivity index (χ0n) is 16.3. The zero-order chi connectivity index (χ0) is 23.7. The first-order valence-corrected chi connectivity index (χ1v) is 9.52. The maximum atomic E-state index is 14.6. The Morgan fingerprint density at radius 3 is 2.45 bits per heavy atom. The van der Waals surface area contributed by atoms with E-state index in [1.165, 1.54) is 24.5 Å².